The normalized spacial score (nSPS) is 10.1. The smallest absolute Gasteiger partial charge is 0.325 e. The van der Waals surface area contributed by atoms with Gasteiger partial charge in [0.25, 0.3) is 5.91 Å². The van der Waals surface area contributed by atoms with E-state index >= 15 is 0 Å². The number of esters is 1. The summed E-state index contributed by atoms with van der Waals surface area (Å²) in [6.45, 7) is 0.247. The van der Waals surface area contributed by atoms with Crippen LogP contribution in [0.2, 0.25) is 0 Å². The van der Waals surface area contributed by atoms with E-state index in [2.05, 4.69) is 15.0 Å². The molecule has 1 amide bonds. The molecule has 2 rings (SSSR count). The summed E-state index contributed by atoms with van der Waals surface area (Å²) in [7, 11) is 1.25. The van der Waals surface area contributed by atoms with Crippen LogP contribution in [0.25, 0.3) is 0 Å². The van der Waals surface area contributed by atoms with Gasteiger partial charge in [0, 0.05) is 6.54 Å². The zero-order chi connectivity index (χ0) is 15.2. The third kappa shape index (κ3) is 3.59. The number of aromatic nitrogens is 2. The van der Waals surface area contributed by atoms with E-state index in [4.69, 9.17) is 5.73 Å². The summed E-state index contributed by atoms with van der Waals surface area (Å²) in [4.78, 5) is 27.1. The van der Waals surface area contributed by atoms with E-state index in [-0.39, 0.29) is 18.1 Å². The molecular weight excluding hydrogens is 272 g/mol. The number of methoxy groups -OCH3 is 1. The zero-order valence-electron chi connectivity index (χ0n) is 11.6. The van der Waals surface area contributed by atoms with Crippen molar-refractivity contribution < 1.29 is 14.3 Å². The molecule has 0 unspecified atom stereocenters. The Morgan fingerprint density at radius 1 is 1.33 bits per heavy atom. The standard InChI is InChI=1S/C14H16N4O3/c1-21-11(19)7-16-14(20)12-13(15)17-9-18(12)8-10-5-3-2-4-6-10/h2-6,9H,7-8,15H2,1H3,(H,16,20). The van der Waals surface area contributed by atoms with Gasteiger partial charge in [0.05, 0.1) is 13.4 Å². The van der Waals surface area contributed by atoms with Crippen molar-refractivity contribution in [2.24, 2.45) is 0 Å². The molecule has 7 nitrogen and oxygen atoms in total. The Morgan fingerprint density at radius 2 is 2.05 bits per heavy atom. The first kappa shape index (κ1) is 14.6. The van der Waals surface area contributed by atoms with Crippen LogP contribution in [0.15, 0.2) is 36.7 Å². The number of nitrogens with two attached hydrogens (primary N) is 1. The minimum Gasteiger partial charge on any atom is -0.468 e. The summed E-state index contributed by atoms with van der Waals surface area (Å²) in [6, 6.07) is 9.60. The summed E-state index contributed by atoms with van der Waals surface area (Å²) in [6.07, 6.45) is 1.50. The van der Waals surface area contributed by atoms with Crippen molar-refractivity contribution in [3.05, 3.63) is 47.9 Å². The second-order valence-electron chi connectivity index (χ2n) is 4.35. The first-order valence-electron chi connectivity index (χ1n) is 6.31. The number of carbonyl (C=O) groups is 2. The molecule has 0 aliphatic heterocycles. The largest absolute Gasteiger partial charge is 0.468 e. The Kier molecular flexibility index (Phi) is 4.55. The summed E-state index contributed by atoms with van der Waals surface area (Å²) in [5, 5.41) is 2.45. The van der Waals surface area contributed by atoms with Gasteiger partial charge in [-0.05, 0) is 5.56 Å². The fourth-order valence-electron chi connectivity index (χ4n) is 1.85. The highest BCUT2D eigenvalue weighted by atomic mass is 16.5. The predicted octanol–water partition coefficient (Wildman–Crippen LogP) is 0.416. The van der Waals surface area contributed by atoms with Crippen LogP contribution in [0.5, 0.6) is 0 Å². The molecule has 1 aromatic heterocycles. The molecule has 0 atom stereocenters. The molecule has 3 N–H and O–H groups in total. The molecule has 0 spiro atoms. The fraction of sp³-hybridized carbons (Fsp3) is 0.214. The third-order valence-electron chi connectivity index (χ3n) is 2.90. The van der Waals surface area contributed by atoms with Gasteiger partial charge in [-0.3, -0.25) is 9.59 Å². The number of imidazole rings is 1. The maximum Gasteiger partial charge on any atom is 0.325 e. The maximum absolute atomic E-state index is 12.1. The van der Waals surface area contributed by atoms with Crippen LogP contribution in [0.4, 0.5) is 5.82 Å². The SMILES string of the molecule is COC(=O)CNC(=O)c1c(N)ncn1Cc1ccccc1. The lowest BCUT2D eigenvalue weighted by Gasteiger charge is -2.09. The number of benzene rings is 1. The first-order valence-corrected chi connectivity index (χ1v) is 6.31. The number of nitrogens with zero attached hydrogens (tertiary/aromatic N) is 2. The van der Waals surface area contributed by atoms with Crippen LogP contribution in [0.1, 0.15) is 16.1 Å². The summed E-state index contributed by atoms with van der Waals surface area (Å²) >= 11 is 0. The fourth-order valence-corrected chi connectivity index (χ4v) is 1.85. The van der Waals surface area contributed by atoms with E-state index in [1.54, 1.807) is 4.57 Å². The molecule has 0 aliphatic carbocycles. The second kappa shape index (κ2) is 6.56. The molecule has 21 heavy (non-hydrogen) atoms. The van der Waals surface area contributed by atoms with Crippen molar-refractivity contribution in [1.82, 2.24) is 14.9 Å². The number of hydrogen-bond donors (Lipinski definition) is 2. The van der Waals surface area contributed by atoms with Crippen molar-refractivity contribution in [1.29, 1.82) is 0 Å². The molecule has 1 heterocycles. The van der Waals surface area contributed by atoms with E-state index < -0.39 is 11.9 Å². The van der Waals surface area contributed by atoms with Crippen LogP contribution >= 0.6 is 0 Å². The highest BCUT2D eigenvalue weighted by Gasteiger charge is 2.17. The van der Waals surface area contributed by atoms with Gasteiger partial charge in [0.1, 0.15) is 6.54 Å². The monoisotopic (exact) mass is 288 g/mol. The van der Waals surface area contributed by atoms with Crippen LogP contribution in [-0.2, 0) is 16.1 Å². The number of nitrogens with one attached hydrogen (secondary N) is 1. The highest BCUT2D eigenvalue weighted by molar-refractivity contribution is 5.98. The van der Waals surface area contributed by atoms with Crippen molar-refractivity contribution in [3.63, 3.8) is 0 Å². The van der Waals surface area contributed by atoms with E-state index in [9.17, 15) is 9.59 Å². The van der Waals surface area contributed by atoms with Crippen LogP contribution < -0.4 is 11.1 Å². The molecule has 110 valence electrons. The van der Waals surface area contributed by atoms with Gasteiger partial charge in [-0.25, -0.2) is 4.98 Å². The van der Waals surface area contributed by atoms with Crippen LogP contribution in [-0.4, -0.2) is 35.1 Å². The number of carbonyl (C=O) groups excluding carboxylic acids is 2. The highest BCUT2D eigenvalue weighted by Crippen LogP contribution is 2.12. The van der Waals surface area contributed by atoms with Crippen LogP contribution in [0.3, 0.4) is 0 Å². The number of rotatable bonds is 5. The Morgan fingerprint density at radius 3 is 2.71 bits per heavy atom. The zero-order valence-corrected chi connectivity index (χ0v) is 11.6. The lowest BCUT2D eigenvalue weighted by molar-refractivity contribution is -0.139. The second-order valence-corrected chi connectivity index (χ2v) is 4.35. The van der Waals surface area contributed by atoms with Gasteiger partial charge >= 0.3 is 5.97 Å². The number of amides is 1. The minimum absolute atomic E-state index is 0.119. The quantitative estimate of drug-likeness (QED) is 0.777. The lowest BCUT2D eigenvalue weighted by atomic mass is 10.2. The minimum atomic E-state index is -0.531. The van der Waals surface area contributed by atoms with Crippen molar-refractivity contribution in [2.45, 2.75) is 6.54 Å². The molecule has 0 saturated heterocycles. The molecule has 0 bridgehead atoms. The van der Waals surface area contributed by atoms with Gasteiger partial charge in [-0.15, -0.1) is 0 Å². The Bertz CT molecular complexity index is 637. The van der Waals surface area contributed by atoms with E-state index in [1.165, 1.54) is 13.4 Å². The first-order chi connectivity index (χ1) is 10.1. The Hall–Kier alpha value is -2.83. The molecule has 0 aliphatic rings. The Labute approximate surface area is 121 Å². The van der Waals surface area contributed by atoms with Crippen molar-refractivity contribution in [2.75, 3.05) is 19.4 Å². The Balaban J connectivity index is 2.14. The molecule has 0 fully saturated rings. The van der Waals surface area contributed by atoms with Crippen LogP contribution in [0, 0.1) is 0 Å². The molecular formula is C14H16N4O3. The van der Waals surface area contributed by atoms with Gasteiger partial charge in [0.2, 0.25) is 0 Å². The molecule has 7 heteroatoms. The van der Waals surface area contributed by atoms with E-state index in [0.717, 1.165) is 5.56 Å². The van der Waals surface area contributed by atoms with Gasteiger partial charge in [-0.1, -0.05) is 30.3 Å². The van der Waals surface area contributed by atoms with E-state index in [0.29, 0.717) is 6.54 Å². The molecule has 1 aromatic carbocycles. The number of anilines is 1. The topological polar surface area (TPSA) is 99.2 Å². The predicted molar refractivity (Wildman–Crippen MR) is 76.5 cm³/mol. The van der Waals surface area contributed by atoms with Crippen molar-refractivity contribution >= 4 is 17.7 Å². The van der Waals surface area contributed by atoms with E-state index in [1.807, 2.05) is 30.3 Å². The number of hydrogen-bond acceptors (Lipinski definition) is 5. The molecule has 0 radical (unpaired) electrons. The van der Waals surface area contributed by atoms with Crippen molar-refractivity contribution in [3.8, 4) is 0 Å². The molecule has 0 saturated carbocycles. The summed E-state index contributed by atoms with van der Waals surface area (Å²) in [5.41, 5.74) is 6.96. The number of ether oxygens (including phenoxy) is 1. The number of nitrogen functional groups attached to an aromatic ring is 1. The van der Waals surface area contributed by atoms with Gasteiger partial charge in [-0.2, -0.15) is 0 Å². The lowest BCUT2D eigenvalue weighted by Crippen LogP contribution is -2.32. The average Bonchev–Trinajstić information content (AvgIpc) is 2.86. The molecule has 2 aromatic rings. The van der Waals surface area contributed by atoms with Gasteiger partial charge in [0.15, 0.2) is 11.5 Å². The third-order valence-corrected chi connectivity index (χ3v) is 2.90. The average molecular weight is 288 g/mol. The maximum atomic E-state index is 12.1. The summed E-state index contributed by atoms with van der Waals surface area (Å²) in [5.74, 6) is -0.879. The van der Waals surface area contributed by atoms with Gasteiger partial charge < -0.3 is 20.4 Å². The summed E-state index contributed by atoms with van der Waals surface area (Å²) < 4.78 is 6.10.